The van der Waals surface area contributed by atoms with Crippen molar-refractivity contribution >= 4 is 23.4 Å². The first-order valence-electron chi connectivity index (χ1n) is 12.2. The molecule has 1 saturated heterocycles. The first-order chi connectivity index (χ1) is 16.9. The van der Waals surface area contributed by atoms with Crippen LogP contribution in [-0.2, 0) is 20.9 Å². The first kappa shape index (κ1) is 26.4. The quantitative estimate of drug-likeness (QED) is 0.400. The summed E-state index contributed by atoms with van der Waals surface area (Å²) in [5, 5.41) is 8.65. The molecule has 0 spiro atoms. The Kier molecular flexibility index (Phi) is 10.3. The number of hydrogen-bond donors (Lipinski definition) is 3. The van der Waals surface area contributed by atoms with Crippen molar-refractivity contribution in [1.29, 1.82) is 0 Å². The molecule has 1 aliphatic rings. The van der Waals surface area contributed by atoms with E-state index in [1.807, 2.05) is 18.7 Å². The van der Waals surface area contributed by atoms with E-state index in [2.05, 4.69) is 16.0 Å². The molecule has 3 amide bonds. The van der Waals surface area contributed by atoms with Crippen molar-refractivity contribution in [3.8, 4) is 0 Å². The molecule has 2 heterocycles. The van der Waals surface area contributed by atoms with E-state index in [4.69, 9.17) is 9.15 Å². The highest BCUT2D eigenvalue weighted by Crippen LogP contribution is 2.19. The molecule has 2 aromatic rings. The van der Waals surface area contributed by atoms with E-state index in [0.717, 1.165) is 6.42 Å². The number of anilines is 1. The molecule has 0 aliphatic carbocycles. The smallest absolute Gasteiger partial charge is 0.253 e. The number of likely N-dealkylation sites (tertiary alicyclic amines) is 1. The van der Waals surface area contributed by atoms with Crippen LogP contribution in [0.5, 0.6) is 0 Å². The Hall–Kier alpha value is -3.17. The lowest BCUT2D eigenvalue weighted by atomic mass is 9.96. The number of piperidine rings is 1. The van der Waals surface area contributed by atoms with Crippen LogP contribution in [0.1, 0.15) is 49.2 Å². The molecule has 1 aliphatic heterocycles. The Balaban J connectivity index is 1.40. The predicted molar refractivity (Wildman–Crippen MR) is 133 cm³/mol. The molecule has 0 saturated carbocycles. The summed E-state index contributed by atoms with van der Waals surface area (Å²) in [7, 11) is 0. The van der Waals surface area contributed by atoms with Crippen LogP contribution in [0.2, 0.25) is 0 Å². The fourth-order valence-electron chi connectivity index (χ4n) is 3.96. The van der Waals surface area contributed by atoms with Gasteiger partial charge < -0.3 is 25.1 Å². The third-order valence-electron chi connectivity index (χ3n) is 5.85. The highest BCUT2D eigenvalue weighted by atomic mass is 16.5. The van der Waals surface area contributed by atoms with Crippen LogP contribution in [0.25, 0.3) is 0 Å². The summed E-state index contributed by atoms with van der Waals surface area (Å²) < 4.78 is 10.7. The van der Waals surface area contributed by atoms with Gasteiger partial charge in [-0.2, -0.15) is 0 Å². The standard InChI is InChI=1S/C26H36N4O5/c1-19(2)34-16-6-12-27-25(32)20-10-13-30(14-11-20)18-24(31)29-23-9-4-3-8-22(23)26(33)28-17-21-7-5-15-35-21/h3-5,7-9,15,19-20H,6,10-14,16-18H2,1-2H3,(H,27,32)(H,28,33)(H,29,31). The molecule has 1 aromatic heterocycles. The average molecular weight is 485 g/mol. The molecule has 0 radical (unpaired) electrons. The minimum absolute atomic E-state index is 0.0288. The molecule has 190 valence electrons. The zero-order valence-electron chi connectivity index (χ0n) is 20.5. The van der Waals surface area contributed by atoms with Gasteiger partial charge in [0.15, 0.2) is 0 Å². The van der Waals surface area contributed by atoms with Gasteiger partial charge in [-0.05, 0) is 70.5 Å². The first-order valence-corrected chi connectivity index (χ1v) is 12.2. The number of rotatable bonds is 12. The summed E-state index contributed by atoms with van der Waals surface area (Å²) in [6.07, 6.45) is 3.98. The van der Waals surface area contributed by atoms with Gasteiger partial charge in [-0.25, -0.2) is 0 Å². The van der Waals surface area contributed by atoms with Crippen molar-refractivity contribution in [2.45, 2.75) is 45.8 Å². The van der Waals surface area contributed by atoms with Gasteiger partial charge in [-0.1, -0.05) is 12.1 Å². The molecule has 0 unspecified atom stereocenters. The predicted octanol–water partition coefficient (Wildman–Crippen LogP) is 2.79. The van der Waals surface area contributed by atoms with E-state index in [1.165, 1.54) is 0 Å². The monoisotopic (exact) mass is 484 g/mol. The number of carbonyl (C=O) groups is 3. The minimum atomic E-state index is -0.292. The van der Waals surface area contributed by atoms with Crippen LogP contribution in [0.4, 0.5) is 5.69 Å². The second-order valence-electron chi connectivity index (χ2n) is 8.97. The summed E-state index contributed by atoms with van der Waals surface area (Å²) in [6, 6.07) is 10.5. The maximum atomic E-state index is 12.7. The highest BCUT2D eigenvalue weighted by Gasteiger charge is 2.26. The van der Waals surface area contributed by atoms with E-state index >= 15 is 0 Å². The van der Waals surface area contributed by atoms with Gasteiger partial charge in [-0.3, -0.25) is 19.3 Å². The minimum Gasteiger partial charge on any atom is -0.467 e. The number of nitrogens with one attached hydrogen (secondary N) is 3. The van der Waals surface area contributed by atoms with Crippen molar-refractivity contribution < 1.29 is 23.5 Å². The lowest BCUT2D eigenvalue weighted by molar-refractivity contribution is -0.126. The largest absolute Gasteiger partial charge is 0.467 e. The van der Waals surface area contributed by atoms with Crippen LogP contribution in [0.15, 0.2) is 47.1 Å². The zero-order chi connectivity index (χ0) is 25.0. The number of carbonyl (C=O) groups excluding carboxylic acids is 3. The van der Waals surface area contributed by atoms with Gasteiger partial charge in [0.25, 0.3) is 5.91 Å². The number of hydrogen-bond acceptors (Lipinski definition) is 6. The number of furan rings is 1. The van der Waals surface area contributed by atoms with Crippen molar-refractivity contribution in [3.63, 3.8) is 0 Å². The van der Waals surface area contributed by atoms with Gasteiger partial charge in [0, 0.05) is 19.1 Å². The molecule has 1 fully saturated rings. The topological polar surface area (TPSA) is 113 Å². The lowest BCUT2D eigenvalue weighted by Crippen LogP contribution is -2.43. The third-order valence-corrected chi connectivity index (χ3v) is 5.85. The van der Waals surface area contributed by atoms with Crippen LogP contribution in [-0.4, -0.2) is 61.5 Å². The Morgan fingerprint density at radius 2 is 1.86 bits per heavy atom. The van der Waals surface area contributed by atoms with Gasteiger partial charge in [-0.15, -0.1) is 0 Å². The molecule has 0 atom stereocenters. The molecule has 9 heteroatoms. The molecule has 35 heavy (non-hydrogen) atoms. The second kappa shape index (κ2) is 13.7. The van der Waals surface area contributed by atoms with Crippen molar-refractivity contribution in [2.75, 3.05) is 38.1 Å². The summed E-state index contributed by atoms with van der Waals surface area (Å²) >= 11 is 0. The maximum Gasteiger partial charge on any atom is 0.253 e. The van der Waals surface area contributed by atoms with Crippen molar-refractivity contribution in [2.24, 2.45) is 5.92 Å². The van der Waals surface area contributed by atoms with E-state index < -0.39 is 0 Å². The fraction of sp³-hybridized carbons (Fsp3) is 0.500. The van der Waals surface area contributed by atoms with E-state index in [0.29, 0.717) is 56.1 Å². The van der Waals surface area contributed by atoms with Crippen LogP contribution >= 0.6 is 0 Å². The van der Waals surface area contributed by atoms with Crippen molar-refractivity contribution in [3.05, 3.63) is 54.0 Å². The normalized spacial score (nSPS) is 14.6. The van der Waals surface area contributed by atoms with E-state index in [9.17, 15) is 14.4 Å². The van der Waals surface area contributed by atoms with Crippen molar-refractivity contribution in [1.82, 2.24) is 15.5 Å². The van der Waals surface area contributed by atoms with Gasteiger partial charge in [0.2, 0.25) is 11.8 Å². The van der Waals surface area contributed by atoms with Crippen LogP contribution in [0, 0.1) is 5.92 Å². The summed E-state index contributed by atoms with van der Waals surface area (Å²) in [6.45, 7) is 7.06. The fourth-order valence-corrected chi connectivity index (χ4v) is 3.96. The third kappa shape index (κ3) is 8.84. The summed E-state index contributed by atoms with van der Waals surface area (Å²) in [5.41, 5.74) is 0.853. The molecule has 3 rings (SSSR count). The van der Waals surface area contributed by atoms with Gasteiger partial charge >= 0.3 is 0 Å². The number of para-hydroxylation sites is 1. The highest BCUT2D eigenvalue weighted by molar-refractivity contribution is 6.04. The molecule has 0 bridgehead atoms. The number of ether oxygens (including phenoxy) is 1. The van der Waals surface area contributed by atoms with E-state index in [1.54, 1.807) is 42.7 Å². The molecule has 1 aromatic carbocycles. The Morgan fingerprint density at radius 1 is 1.09 bits per heavy atom. The van der Waals surface area contributed by atoms with Gasteiger partial charge in [0.05, 0.1) is 36.7 Å². The molecule has 3 N–H and O–H groups in total. The molecule has 9 nitrogen and oxygen atoms in total. The number of benzene rings is 1. The summed E-state index contributed by atoms with van der Waals surface area (Å²) in [4.78, 5) is 39.7. The zero-order valence-corrected chi connectivity index (χ0v) is 20.5. The van der Waals surface area contributed by atoms with Crippen LogP contribution in [0.3, 0.4) is 0 Å². The maximum absolute atomic E-state index is 12.7. The Labute approximate surface area is 206 Å². The SMILES string of the molecule is CC(C)OCCCNC(=O)C1CCN(CC(=O)Nc2ccccc2C(=O)NCc2ccco2)CC1. The average Bonchev–Trinajstić information content (AvgIpc) is 3.36. The molecular weight excluding hydrogens is 448 g/mol. The molecular formula is C26H36N4O5. The lowest BCUT2D eigenvalue weighted by Gasteiger charge is -2.30. The Morgan fingerprint density at radius 3 is 2.57 bits per heavy atom. The Bertz CT molecular complexity index is 952. The van der Waals surface area contributed by atoms with Gasteiger partial charge in [0.1, 0.15) is 5.76 Å². The second-order valence-corrected chi connectivity index (χ2v) is 8.97. The van der Waals surface area contributed by atoms with E-state index in [-0.39, 0.29) is 42.8 Å². The number of amides is 3. The number of nitrogens with zero attached hydrogens (tertiary/aromatic N) is 1. The van der Waals surface area contributed by atoms with Crippen LogP contribution < -0.4 is 16.0 Å². The summed E-state index contributed by atoms with van der Waals surface area (Å²) in [5.74, 6) is 0.216.